The maximum absolute atomic E-state index is 10.8. The summed E-state index contributed by atoms with van der Waals surface area (Å²) in [6.45, 7) is 1.64. The van der Waals surface area contributed by atoms with Crippen LogP contribution >= 0.6 is 0 Å². The van der Waals surface area contributed by atoms with Crippen LogP contribution in [0.25, 0.3) is 0 Å². The van der Waals surface area contributed by atoms with E-state index < -0.39 is 36.8 Å². The molecule has 0 spiro atoms. The molecule has 0 radical (unpaired) electrons. The molecule has 3 atom stereocenters. The Morgan fingerprint density at radius 2 is 1.81 bits per heavy atom. The van der Waals surface area contributed by atoms with Gasteiger partial charge in [-0.25, -0.2) is 0 Å². The second kappa shape index (κ2) is 6.91. The zero-order chi connectivity index (χ0) is 12.7. The van der Waals surface area contributed by atoms with Crippen molar-refractivity contribution in [3.63, 3.8) is 0 Å². The minimum Gasteiger partial charge on any atom is -0.456 e. The molecule has 0 amide bonds. The molecule has 0 aliphatic rings. The van der Waals surface area contributed by atoms with Gasteiger partial charge in [0.25, 0.3) is 0 Å². The van der Waals surface area contributed by atoms with Crippen molar-refractivity contribution >= 4 is 18.2 Å². The van der Waals surface area contributed by atoms with Crippen molar-refractivity contribution < 1.29 is 29.0 Å². The van der Waals surface area contributed by atoms with Gasteiger partial charge in [0, 0.05) is 13.8 Å². The summed E-state index contributed by atoms with van der Waals surface area (Å²) in [5.74, 6) is -1.36. The van der Waals surface area contributed by atoms with Crippen molar-refractivity contribution in [3.8, 4) is 0 Å². The molecule has 0 aromatic rings. The van der Waals surface area contributed by atoms with E-state index in [0.717, 1.165) is 13.8 Å². The molecule has 0 bridgehead atoms. The molecule has 3 N–H and O–H groups in total. The van der Waals surface area contributed by atoms with E-state index in [0.29, 0.717) is 6.29 Å². The van der Waals surface area contributed by atoms with Crippen molar-refractivity contribution in [2.75, 3.05) is 6.61 Å². The number of aliphatic hydroxyl groups is 1. The molecule has 7 nitrogen and oxygen atoms in total. The van der Waals surface area contributed by atoms with Crippen LogP contribution in [0.5, 0.6) is 0 Å². The molecule has 0 aliphatic carbocycles. The summed E-state index contributed by atoms with van der Waals surface area (Å²) >= 11 is 0. The first kappa shape index (κ1) is 14.5. The zero-order valence-corrected chi connectivity index (χ0v) is 9.08. The monoisotopic (exact) mass is 233 g/mol. The summed E-state index contributed by atoms with van der Waals surface area (Å²) in [5.41, 5.74) is 5.37. The molecular formula is C9H15NO6. The fourth-order valence-corrected chi connectivity index (χ4v) is 1.09. The smallest absolute Gasteiger partial charge is 0.303 e. The Morgan fingerprint density at radius 1 is 1.31 bits per heavy atom. The van der Waals surface area contributed by atoms with E-state index in [1.807, 2.05) is 0 Å². The summed E-state index contributed by atoms with van der Waals surface area (Å²) in [6, 6.07) is -1.17. The molecular weight excluding hydrogens is 218 g/mol. The number of aldehydes is 1. The number of carbonyl (C=O) groups excluding carboxylic acids is 3. The Balaban J connectivity index is 4.73. The summed E-state index contributed by atoms with van der Waals surface area (Å²) < 4.78 is 9.41. The lowest BCUT2D eigenvalue weighted by Gasteiger charge is -2.26. The summed E-state index contributed by atoms with van der Waals surface area (Å²) in [4.78, 5) is 32.0. The predicted octanol–water partition coefficient (Wildman–Crippen LogP) is -1.63. The van der Waals surface area contributed by atoms with Crippen LogP contribution in [0.15, 0.2) is 0 Å². The lowest BCUT2D eigenvalue weighted by Crippen LogP contribution is -2.49. The van der Waals surface area contributed by atoms with Crippen LogP contribution in [0.2, 0.25) is 0 Å². The first-order valence-corrected chi connectivity index (χ1v) is 4.58. The van der Waals surface area contributed by atoms with Crippen LogP contribution in [0, 0.1) is 0 Å². The van der Waals surface area contributed by atoms with E-state index in [1.165, 1.54) is 0 Å². The molecule has 0 fully saturated rings. The topological polar surface area (TPSA) is 116 Å². The average molecular weight is 233 g/mol. The van der Waals surface area contributed by atoms with E-state index in [9.17, 15) is 14.4 Å². The van der Waals surface area contributed by atoms with Crippen molar-refractivity contribution in [1.82, 2.24) is 0 Å². The van der Waals surface area contributed by atoms with Gasteiger partial charge >= 0.3 is 11.9 Å². The Hall–Kier alpha value is -1.47. The quantitative estimate of drug-likeness (QED) is 0.418. The molecule has 0 heterocycles. The lowest BCUT2D eigenvalue weighted by molar-refractivity contribution is -0.170. The third-order valence-corrected chi connectivity index (χ3v) is 1.70. The number of aliphatic hydroxyl groups excluding tert-OH is 1. The van der Waals surface area contributed by atoms with Gasteiger partial charge in [-0.15, -0.1) is 0 Å². The molecule has 16 heavy (non-hydrogen) atoms. The summed E-state index contributed by atoms with van der Waals surface area (Å²) in [5, 5.41) is 8.96. The number of ether oxygens (including phenoxy) is 2. The van der Waals surface area contributed by atoms with Crippen LogP contribution in [0.3, 0.4) is 0 Å². The largest absolute Gasteiger partial charge is 0.456 e. The Morgan fingerprint density at radius 3 is 2.12 bits per heavy atom. The SMILES string of the molecule is CC(=O)O[C@@H]([C@H](N)C=O)[C@@H](CO)OC(C)=O. The van der Waals surface area contributed by atoms with Gasteiger partial charge in [0.1, 0.15) is 12.3 Å². The summed E-state index contributed by atoms with van der Waals surface area (Å²) in [7, 11) is 0. The van der Waals surface area contributed by atoms with E-state index in [2.05, 4.69) is 4.74 Å². The molecule has 0 saturated carbocycles. The van der Waals surface area contributed by atoms with E-state index in [-0.39, 0.29) is 0 Å². The highest BCUT2D eigenvalue weighted by Crippen LogP contribution is 2.08. The maximum Gasteiger partial charge on any atom is 0.303 e. The minimum atomic E-state index is -1.19. The Bertz CT molecular complexity index is 267. The number of hydrogen-bond donors (Lipinski definition) is 2. The Kier molecular flexibility index (Phi) is 6.28. The van der Waals surface area contributed by atoms with Crippen LogP contribution in [-0.4, -0.2) is 48.2 Å². The Labute approximate surface area is 92.5 Å². The number of carbonyl (C=O) groups is 3. The number of rotatable bonds is 6. The average Bonchev–Trinajstić information content (AvgIpc) is 2.21. The van der Waals surface area contributed by atoms with Crippen molar-refractivity contribution in [3.05, 3.63) is 0 Å². The van der Waals surface area contributed by atoms with Crippen LogP contribution < -0.4 is 5.73 Å². The van der Waals surface area contributed by atoms with Crippen molar-refractivity contribution in [1.29, 1.82) is 0 Å². The van der Waals surface area contributed by atoms with Gasteiger partial charge in [0.15, 0.2) is 12.2 Å². The second-order valence-electron chi connectivity index (χ2n) is 3.12. The second-order valence-corrected chi connectivity index (χ2v) is 3.12. The molecule has 0 saturated heterocycles. The molecule has 7 heteroatoms. The van der Waals surface area contributed by atoms with E-state index in [4.69, 9.17) is 15.6 Å². The molecule has 0 aromatic carbocycles. The van der Waals surface area contributed by atoms with Gasteiger partial charge < -0.3 is 25.1 Å². The van der Waals surface area contributed by atoms with Crippen LogP contribution in [-0.2, 0) is 23.9 Å². The fraction of sp³-hybridized carbons (Fsp3) is 0.667. The molecule has 92 valence electrons. The molecule has 0 aromatic heterocycles. The molecule has 0 rings (SSSR count). The van der Waals surface area contributed by atoms with Gasteiger partial charge in [-0.1, -0.05) is 0 Å². The standard InChI is InChI=1S/C9H15NO6/c1-5(13)15-8(4-12)9(7(10)3-11)16-6(2)14/h3,7-9,12H,4,10H2,1-2H3/t7-,8-,9+/m1/s1. The maximum atomic E-state index is 10.8. The highest BCUT2D eigenvalue weighted by atomic mass is 16.6. The fourth-order valence-electron chi connectivity index (χ4n) is 1.09. The highest BCUT2D eigenvalue weighted by molar-refractivity contribution is 5.68. The number of esters is 2. The lowest BCUT2D eigenvalue weighted by atomic mass is 10.1. The van der Waals surface area contributed by atoms with Gasteiger partial charge in [-0.3, -0.25) is 9.59 Å². The first-order valence-electron chi connectivity index (χ1n) is 4.58. The third kappa shape index (κ3) is 4.85. The van der Waals surface area contributed by atoms with Gasteiger partial charge in [0.05, 0.1) is 6.61 Å². The van der Waals surface area contributed by atoms with Crippen molar-refractivity contribution in [2.45, 2.75) is 32.1 Å². The van der Waals surface area contributed by atoms with E-state index >= 15 is 0 Å². The van der Waals surface area contributed by atoms with E-state index in [1.54, 1.807) is 0 Å². The van der Waals surface area contributed by atoms with Crippen molar-refractivity contribution in [2.24, 2.45) is 5.73 Å². The van der Waals surface area contributed by atoms with Crippen LogP contribution in [0.4, 0.5) is 0 Å². The molecule has 0 aliphatic heterocycles. The summed E-state index contributed by atoms with van der Waals surface area (Å²) in [6.07, 6.45) is -2.00. The third-order valence-electron chi connectivity index (χ3n) is 1.70. The van der Waals surface area contributed by atoms with Gasteiger partial charge in [-0.2, -0.15) is 0 Å². The zero-order valence-electron chi connectivity index (χ0n) is 9.08. The van der Waals surface area contributed by atoms with Gasteiger partial charge in [-0.05, 0) is 0 Å². The number of nitrogens with two attached hydrogens (primary N) is 1. The van der Waals surface area contributed by atoms with Crippen LogP contribution in [0.1, 0.15) is 13.8 Å². The molecule has 0 unspecified atom stereocenters. The minimum absolute atomic E-state index is 0.347. The number of hydrogen-bond acceptors (Lipinski definition) is 7. The first-order chi connectivity index (χ1) is 7.42. The normalized spacial score (nSPS) is 15.8. The predicted molar refractivity (Wildman–Crippen MR) is 52.2 cm³/mol. The van der Waals surface area contributed by atoms with Gasteiger partial charge in [0.2, 0.25) is 0 Å². The highest BCUT2D eigenvalue weighted by Gasteiger charge is 2.32.